The molecule has 284 valence electrons. The molecule has 13 nitrogen and oxygen atoms in total. The molecule has 2 aromatic heterocycles. The summed E-state index contributed by atoms with van der Waals surface area (Å²) in [4.78, 5) is 30.9. The number of carbonyl (C=O) groups excluding carboxylic acids is 1. The van der Waals surface area contributed by atoms with Gasteiger partial charge in [0, 0.05) is 33.6 Å². The number of hydrogen-bond donors (Lipinski definition) is 3. The largest absolute Gasteiger partial charge is 0.486 e. The van der Waals surface area contributed by atoms with Crippen LogP contribution in [0.15, 0.2) is 114 Å². The molecule has 1 saturated heterocycles. The van der Waals surface area contributed by atoms with Gasteiger partial charge >= 0.3 is 0 Å². The molecule has 0 bridgehead atoms. The van der Waals surface area contributed by atoms with Crippen molar-refractivity contribution in [3.63, 3.8) is 0 Å². The number of rotatable bonds is 9. The third-order valence-corrected chi connectivity index (χ3v) is 9.02. The lowest BCUT2D eigenvalue weighted by atomic mass is 10.1. The molecule has 9 rings (SSSR count). The van der Waals surface area contributed by atoms with Gasteiger partial charge in [-0.3, -0.25) is 9.59 Å². The van der Waals surface area contributed by atoms with E-state index in [1.54, 1.807) is 43.5 Å². The van der Waals surface area contributed by atoms with Gasteiger partial charge in [0.2, 0.25) is 5.88 Å². The van der Waals surface area contributed by atoms with Gasteiger partial charge in [-0.05, 0) is 72.8 Å². The molecule has 3 N–H and O–H groups in total. The number of pyridine rings is 2. The third kappa shape index (κ3) is 7.99. The Morgan fingerprint density at radius 2 is 1.30 bits per heavy atom. The average Bonchev–Trinajstić information content (AvgIpc) is 3.80. The molecule has 0 spiro atoms. The van der Waals surface area contributed by atoms with Crippen LogP contribution in [0.25, 0.3) is 22.5 Å². The zero-order valence-electron chi connectivity index (χ0n) is 30.4. The molecule has 0 saturated carbocycles. The summed E-state index contributed by atoms with van der Waals surface area (Å²) >= 11 is 0. The first-order valence-electron chi connectivity index (χ1n) is 18.0. The number of fused-ring (bicyclic) bond motifs is 2. The van der Waals surface area contributed by atoms with E-state index in [0.29, 0.717) is 85.4 Å². The van der Waals surface area contributed by atoms with Gasteiger partial charge in [-0.25, -0.2) is 4.98 Å². The summed E-state index contributed by atoms with van der Waals surface area (Å²) in [6.07, 6.45) is 0.444. The number of aromatic amines is 1. The number of methoxy groups -OCH3 is 1. The second kappa shape index (κ2) is 16.7. The Bertz CT molecular complexity index is 2410. The summed E-state index contributed by atoms with van der Waals surface area (Å²) in [5.41, 5.74) is 6.98. The van der Waals surface area contributed by atoms with Gasteiger partial charge in [-0.1, -0.05) is 36.4 Å². The molecular formula is C43H38N4O9. The van der Waals surface area contributed by atoms with E-state index in [1.165, 1.54) is 0 Å². The van der Waals surface area contributed by atoms with Crippen molar-refractivity contribution < 1.29 is 38.0 Å². The van der Waals surface area contributed by atoms with E-state index in [9.17, 15) is 9.59 Å². The minimum absolute atomic E-state index is 0.270. The number of nitrogens with zero attached hydrogens (tertiary/aromatic N) is 1. The normalized spacial score (nSPS) is 14.2. The van der Waals surface area contributed by atoms with Crippen molar-refractivity contribution in [2.75, 3.05) is 57.4 Å². The minimum Gasteiger partial charge on any atom is -0.486 e. The number of ether oxygens (including phenoxy) is 7. The van der Waals surface area contributed by atoms with Crippen LogP contribution in [-0.2, 0) is 9.47 Å². The van der Waals surface area contributed by atoms with E-state index >= 15 is 0 Å². The quantitative estimate of drug-likeness (QED) is 0.124. The Balaban J connectivity index is 0.000000159. The number of benzene rings is 4. The molecule has 6 aromatic rings. The molecule has 0 amide bonds. The van der Waals surface area contributed by atoms with Crippen molar-refractivity contribution >= 4 is 29.0 Å². The van der Waals surface area contributed by atoms with Crippen molar-refractivity contribution in [2.45, 2.75) is 6.29 Å². The standard InChI is InChI=1S/C23H22N2O5.C20H16N2O4/c1-26-22-19(24-16-5-2-4-15(14-16)23-29-12-13-30-23)9-8-18(25-22)17-6-3-7-20-21(17)28-11-10-27-20;23-12-13-3-1-4-14(11-13)21-17-8-7-16(22-20(17)24)15-5-2-6-18-19(15)26-10-9-25-18/h2-9,14,23-24H,10-13H2,1H3;1-8,11-12,21H,9-10H2,(H,22,24). The number of anilines is 4. The number of para-hydroxylation sites is 2. The number of H-pyrrole nitrogens is 1. The smallest absolute Gasteiger partial charge is 0.272 e. The molecule has 0 radical (unpaired) electrons. The van der Waals surface area contributed by atoms with Crippen molar-refractivity contribution in [1.82, 2.24) is 9.97 Å². The maximum Gasteiger partial charge on any atom is 0.272 e. The average molecular weight is 755 g/mol. The Labute approximate surface area is 322 Å². The van der Waals surface area contributed by atoms with Crippen molar-refractivity contribution in [1.29, 1.82) is 0 Å². The Morgan fingerprint density at radius 1 is 0.679 bits per heavy atom. The van der Waals surface area contributed by atoms with E-state index in [1.807, 2.05) is 72.8 Å². The minimum atomic E-state index is -0.319. The predicted octanol–water partition coefficient (Wildman–Crippen LogP) is 7.69. The molecule has 3 aliphatic heterocycles. The lowest BCUT2D eigenvalue weighted by molar-refractivity contribution is -0.0440. The third-order valence-electron chi connectivity index (χ3n) is 9.02. The number of hydrogen-bond acceptors (Lipinski definition) is 12. The van der Waals surface area contributed by atoms with Crippen molar-refractivity contribution in [3.05, 3.63) is 131 Å². The zero-order chi connectivity index (χ0) is 38.3. The first-order valence-corrected chi connectivity index (χ1v) is 18.0. The highest BCUT2D eigenvalue weighted by Gasteiger charge is 2.21. The second-order valence-corrected chi connectivity index (χ2v) is 12.7. The van der Waals surface area contributed by atoms with Gasteiger partial charge < -0.3 is 48.8 Å². The van der Waals surface area contributed by atoms with Gasteiger partial charge in [-0.2, -0.15) is 0 Å². The van der Waals surface area contributed by atoms with E-state index in [0.717, 1.165) is 45.8 Å². The maximum absolute atomic E-state index is 12.5. The van der Waals surface area contributed by atoms with E-state index in [-0.39, 0.29) is 11.8 Å². The summed E-state index contributed by atoms with van der Waals surface area (Å²) in [6, 6.07) is 33.6. The number of aldehydes is 1. The number of aromatic nitrogens is 2. The Kier molecular flexibility index (Phi) is 10.8. The summed E-state index contributed by atoms with van der Waals surface area (Å²) in [5, 5.41) is 6.40. The fraction of sp³-hybridized carbons (Fsp3) is 0.186. The van der Waals surface area contributed by atoms with Crippen molar-refractivity contribution in [2.24, 2.45) is 0 Å². The maximum atomic E-state index is 12.5. The predicted molar refractivity (Wildman–Crippen MR) is 210 cm³/mol. The topological polar surface area (TPSA) is 151 Å². The lowest BCUT2D eigenvalue weighted by Crippen LogP contribution is -2.16. The molecular weight excluding hydrogens is 716 g/mol. The molecule has 5 heterocycles. The van der Waals surface area contributed by atoms with Crippen LogP contribution in [0.3, 0.4) is 0 Å². The molecule has 4 aromatic carbocycles. The first-order chi connectivity index (χ1) is 27.6. The fourth-order valence-corrected chi connectivity index (χ4v) is 6.45. The molecule has 13 heteroatoms. The van der Waals surface area contributed by atoms with Crippen LogP contribution in [0.5, 0.6) is 28.9 Å². The second-order valence-electron chi connectivity index (χ2n) is 12.7. The van der Waals surface area contributed by atoms with Crippen LogP contribution < -0.4 is 39.9 Å². The number of carbonyl (C=O) groups is 1. The Morgan fingerprint density at radius 3 is 2.02 bits per heavy atom. The van der Waals surface area contributed by atoms with Crippen molar-refractivity contribution in [3.8, 4) is 51.4 Å². The summed E-state index contributed by atoms with van der Waals surface area (Å²) in [5.74, 6) is 3.23. The first kappa shape index (κ1) is 36.2. The summed E-state index contributed by atoms with van der Waals surface area (Å²) in [6.45, 7) is 3.27. The Hall–Kier alpha value is -6.83. The summed E-state index contributed by atoms with van der Waals surface area (Å²) in [7, 11) is 1.61. The van der Waals surface area contributed by atoms with Crippen LogP contribution in [0.2, 0.25) is 0 Å². The molecule has 56 heavy (non-hydrogen) atoms. The van der Waals surface area contributed by atoms with Crippen LogP contribution >= 0.6 is 0 Å². The van der Waals surface area contributed by atoms with Crippen LogP contribution in [0.4, 0.5) is 22.7 Å². The van der Waals surface area contributed by atoms with Crippen LogP contribution in [-0.4, -0.2) is 63.0 Å². The lowest BCUT2D eigenvalue weighted by Gasteiger charge is -2.21. The summed E-state index contributed by atoms with van der Waals surface area (Å²) < 4.78 is 39.5. The monoisotopic (exact) mass is 754 g/mol. The molecule has 0 aliphatic carbocycles. The molecule has 3 aliphatic rings. The zero-order valence-corrected chi connectivity index (χ0v) is 30.4. The van der Waals surface area contributed by atoms with Gasteiger partial charge in [0.15, 0.2) is 29.3 Å². The van der Waals surface area contributed by atoms with E-state index in [2.05, 4.69) is 15.6 Å². The number of nitrogens with one attached hydrogen (secondary N) is 3. The molecule has 0 unspecified atom stereocenters. The van der Waals surface area contributed by atoms with Gasteiger partial charge in [0.05, 0.1) is 31.7 Å². The highest BCUT2D eigenvalue weighted by molar-refractivity contribution is 5.78. The SMILES string of the molecule is COc1nc(-c2cccc3c2OCCO3)ccc1Nc1cccc(C2OCCO2)c1.O=Cc1cccc(Nc2ccc(-c3cccc4c3OCCO4)[nH]c2=O)c1. The van der Waals surface area contributed by atoms with Crippen LogP contribution in [0, 0.1) is 0 Å². The van der Waals surface area contributed by atoms with Crippen LogP contribution in [0.1, 0.15) is 22.2 Å². The van der Waals surface area contributed by atoms with E-state index in [4.69, 9.17) is 38.1 Å². The molecule has 0 atom stereocenters. The highest BCUT2D eigenvalue weighted by Crippen LogP contribution is 2.41. The van der Waals surface area contributed by atoms with Gasteiger partial charge in [0.25, 0.3) is 5.56 Å². The van der Waals surface area contributed by atoms with E-state index < -0.39 is 0 Å². The molecule has 1 fully saturated rings. The van der Waals surface area contributed by atoms with Gasteiger partial charge in [-0.15, -0.1) is 0 Å². The highest BCUT2D eigenvalue weighted by atomic mass is 16.7. The van der Waals surface area contributed by atoms with Gasteiger partial charge in [0.1, 0.15) is 44.1 Å². The fourth-order valence-electron chi connectivity index (χ4n) is 6.45.